The van der Waals surface area contributed by atoms with Gasteiger partial charge in [0, 0.05) is 5.22 Å². The molecule has 68 valence electrons. The maximum Gasteiger partial charge on any atom is 0.339 e. The summed E-state index contributed by atoms with van der Waals surface area (Å²) in [6.07, 6.45) is 6.11. The molecule has 1 aromatic rings. The first-order chi connectivity index (χ1) is 6.20. The lowest BCUT2D eigenvalue weighted by Crippen LogP contribution is -2.24. The van der Waals surface area contributed by atoms with E-state index >= 15 is 0 Å². The molecule has 3 nitrogen and oxygen atoms in total. The molecule has 3 heteroatoms. The number of allylic oxidation sites excluding steroid dienone is 1. The highest BCUT2D eigenvalue weighted by Gasteiger charge is 2.07. The topological polar surface area (TPSA) is 50.4 Å². The summed E-state index contributed by atoms with van der Waals surface area (Å²) in [7, 11) is 0. The van der Waals surface area contributed by atoms with Crippen molar-refractivity contribution < 1.29 is 14.3 Å². The van der Waals surface area contributed by atoms with Gasteiger partial charge in [-0.3, -0.25) is 0 Å². The molecule has 13 heavy (non-hydrogen) atoms. The first kappa shape index (κ1) is 9.32. The van der Waals surface area contributed by atoms with E-state index in [2.05, 4.69) is 6.58 Å². The van der Waals surface area contributed by atoms with Gasteiger partial charge in [-0.15, -0.1) is 0 Å². The molecule has 0 atom stereocenters. The van der Waals surface area contributed by atoms with Crippen LogP contribution in [0.1, 0.15) is 17.3 Å². The Morgan fingerprint density at radius 3 is 2.85 bits per heavy atom. The minimum Gasteiger partial charge on any atom is -0.478 e. The highest BCUT2D eigenvalue weighted by molar-refractivity contribution is 5.87. The number of carbonyl (C=O) groups is 1. The van der Waals surface area contributed by atoms with Gasteiger partial charge in [0.25, 0.3) is 0 Å². The third-order valence-electron chi connectivity index (χ3n) is 1.65. The van der Waals surface area contributed by atoms with Gasteiger partial charge in [0.1, 0.15) is 17.2 Å². The summed E-state index contributed by atoms with van der Waals surface area (Å²) >= 11 is 0. The molecular weight excluding hydrogens is 168 g/mol. The van der Waals surface area contributed by atoms with E-state index in [4.69, 9.17) is 9.52 Å². The van der Waals surface area contributed by atoms with E-state index in [0.717, 1.165) is 0 Å². The standard InChI is InChI=1S/C10H10O3/c1-3-5-9-7(4-2)8(6-13-9)10(11)12/h3-6H,1H2,2H3,(H,11,12)/b7-4-,9-5+. The largest absolute Gasteiger partial charge is 0.478 e. The molecule has 0 aromatic carbocycles. The molecule has 1 aromatic heterocycles. The third-order valence-corrected chi connectivity index (χ3v) is 1.65. The van der Waals surface area contributed by atoms with E-state index in [1.165, 1.54) is 6.26 Å². The van der Waals surface area contributed by atoms with Gasteiger partial charge < -0.3 is 9.52 Å². The predicted molar refractivity (Wildman–Crippen MR) is 49.7 cm³/mol. The fraction of sp³-hybridized carbons (Fsp3) is 0.100. The van der Waals surface area contributed by atoms with Crippen LogP contribution in [0.4, 0.5) is 0 Å². The fourth-order valence-electron chi connectivity index (χ4n) is 1.08. The highest BCUT2D eigenvalue weighted by Crippen LogP contribution is 1.88. The number of carboxylic acid groups (broad SMARTS) is 1. The Kier molecular flexibility index (Phi) is 2.69. The van der Waals surface area contributed by atoms with Gasteiger partial charge >= 0.3 is 5.97 Å². The van der Waals surface area contributed by atoms with Gasteiger partial charge in [0.2, 0.25) is 0 Å². The normalized spacial score (nSPS) is 13.3. The zero-order chi connectivity index (χ0) is 9.84. The van der Waals surface area contributed by atoms with Crippen LogP contribution < -0.4 is 10.6 Å². The van der Waals surface area contributed by atoms with E-state index in [1.54, 1.807) is 25.2 Å². The molecule has 0 bridgehead atoms. The van der Waals surface area contributed by atoms with Gasteiger partial charge in [-0.25, -0.2) is 4.79 Å². The number of hydrogen-bond acceptors (Lipinski definition) is 2. The van der Waals surface area contributed by atoms with Gasteiger partial charge in [-0.1, -0.05) is 18.7 Å². The molecule has 0 saturated heterocycles. The number of furan rings is 1. The van der Waals surface area contributed by atoms with Crippen molar-refractivity contribution in [2.24, 2.45) is 0 Å². The SMILES string of the molecule is C=C/C=c1/occ(C(=O)O)/c1=C/C. The van der Waals surface area contributed by atoms with E-state index < -0.39 is 5.97 Å². The van der Waals surface area contributed by atoms with Crippen LogP contribution in [-0.2, 0) is 0 Å². The van der Waals surface area contributed by atoms with Gasteiger partial charge in [0.15, 0.2) is 0 Å². The van der Waals surface area contributed by atoms with Crippen LogP contribution in [0.15, 0.2) is 23.3 Å². The van der Waals surface area contributed by atoms with Crippen molar-refractivity contribution in [3.8, 4) is 0 Å². The summed E-state index contributed by atoms with van der Waals surface area (Å²) in [4.78, 5) is 10.7. The van der Waals surface area contributed by atoms with Crippen molar-refractivity contribution >= 4 is 18.1 Å². The summed E-state index contributed by atoms with van der Waals surface area (Å²) in [6, 6.07) is 0. The van der Waals surface area contributed by atoms with Gasteiger partial charge in [-0.2, -0.15) is 0 Å². The maximum atomic E-state index is 10.7. The van der Waals surface area contributed by atoms with Gasteiger partial charge in [-0.05, 0) is 13.0 Å². The Morgan fingerprint density at radius 1 is 1.69 bits per heavy atom. The van der Waals surface area contributed by atoms with E-state index in [9.17, 15) is 4.79 Å². The molecule has 0 spiro atoms. The number of rotatable bonds is 2. The maximum absolute atomic E-state index is 10.7. The lowest BCUT2D eigenvalue weighted by molar-refractivity contribution is 0.0695. The fourth-order valence-corrected chi connectivity index (χ4v) is 1.08. The van der Waals surface area contributed by atoms with Crippen LogP contribution in [-0.4, -0.2) is 11.1 Å². The second kappa shape index (κ2) is 3.76. The third kappa shape index (κ3) is 1.69. The number of carboxylic acids is 1. The molecule has 0 radical (unpaired) electrons. The molecular formula is C10H10O3. The molecule has 0 aliphatic heterocycles. The van der Waals surface area contributed by atoms with E-state index in [-0.39, 0.29) is 5.56 Å². The lowest BCUT2D eigenvalue weighted by Gasteiger charge is -1.82. The first-order valence-corrected chi connectivity index (χ1v) is 3.80. The Bertz CT molecular complexity index is 437. The van der Waals surface area contributed by atoms with Crippen molar-refractivity contribution in [3.05, 3.63) is 35.1 Å². The van der Waals surface area contributed by atoms with Crippen LogP contribution in [0.25, 0.3) is 12.2 Å². The summed E-state index contributed by atoms with van der Waals surface area (Å²) < 4.78 is 5.05. The van der Waals surface area contributed by atoms with Crippen molar-refractivity contribution in [1.82, 2.24) is 0 Å². The monoisotopic (exact) mass is 178 g/mol. The van der Waals surface area contributed by atoms with Crippen molar-refractivity contribution in [2.75, 3.05) is 0 Å². The summed E-state index contributed by atoms with van der Waals surface area (Å²) in [5, 5.41) is 9.35. The first-order valence-electron chi connectivity index (χ1n) is 3.80. The average Bonchev–Trinajstić information content (AvgIpc) is 2.48. The molecule has 0 aliphatic rings. The summed E-state index contributed by atoms with van der Waals surface area (Å²) in [5.74, 6) is -0.986. The quantitative estimate of drug-likeness (QED) is 0.726. The smallest absolute Gasteiger partial charge is 0.339 e. The van der Waals surface area contributed by atoms with Crippen LogP contribution in [0.3, 0.4) is 0 Å². The minimum atomic E-state index is -0.986. The highest BCUT2D eigenvalue weighted by atomic mass is 16.4. The zero-order valence-electron chi connectivity index (χ0n) is 7.28. The number of aromatic carboxylic acids is 1. The molecule has 0 amide bonds. The summed E-state index contributed by atoms with van der Waals surface area (Å²) in [6.45, 7) is 5.27. The van der Waals surface area contributed by atoms with Crippen LogP contribution >= 0.6 is 0 Å². The summed E-state index contributed by atoms with van der Waals surface area (Å²) in [5.41, 5.74) is 0.700. The molecule has 1 N–H and O–H groups in total. The molecule has 0 unspecified atom stereocenters. The molecule has 0 saturated carbocycles. The second-order valence-electron chi connectivity index (χ2n) is 2.42. The molecule has 1 heterocycles. The van der Waals surface area contributed by atoms with E-state index in [1.807, 2.05) is 0 Å². The Hall–Kier alpha value is -1.77. The van der Waals surface area contributed by atoms with Crippen LogP contribution in [0, 0.1) is 0 Å². The second-order valence-corrected chi connectivity index (χ2v) is 2.42. The Labute approximate surface area is 75.3 Å². The average molecular weight is 178 g/mol. The Morgan fingerprint density at radius 2 is 2.38 bits per heavy atom. The number of hydrogen-bond donors (Lipinski definition) is 1. The molecule has 0 fully saturated rings. The van der Waals surface area contributed by atoms with E-state index in [0.29, 0.717) is 10.6 Å². The minimum absolute atomic E-state index is 0.176. The van der Waals surface area contributed by atoms with Crippen molar-refractivity contribution in [3.63, 3.8) is 0 Å². The molecule has 1 rings (SSSR count). The van der Waals surface area contributed by atoms with Crippen LogP contribution in [0.5, 0.6) is 0 Å². The molecule has 0 aliphatic carbocycles. The van der Waals surface area contributed by atoms with Crippen molar-refractivity contribution in [2.45, 2.75) is 6.92 Å². The van der Waals surface area contributed by atoms with Gasteiger partial charge in [0.05, 0.1) is 0 Å². The Balaban J connectivity index is 3.54. The lowest BCUT2D eigenvalue weighted by atomic mass is 10.2. The van der Waals surface area contributed by atoms with Crippen molar-refractivity contribution in [1.29, 1.82) is 0 Å². The zero-order valence-corrected chi connectivity index (χ0v) is 7.28. The van der Waals surface area contributed by atoms with Crippen LogP contribution in [0.2, 0.25) is 0 Å². The predicted octanol–water partition coefficient (Wildman–Crippen LogP) is 0.745.